The number of amides is 2. The van der Waals surface area contributed by atoms with Gasteiger partial charge in [0.25, 0.3) is 5.91 Å². The van der Waals surface area contributed by atoms with Gasteiger partial charge in [-0.2, -0.15) is 0 Å². The number of aromatic nitrogens is 1. The Labute approximate surface area is 334 Å². The van der Waals surface area contributed by atoms with Gasteiger partial charge in [-0.05, 0) is 130 Å². The number of alkyl carbamates (subject to hydrolysis) is 1. The summed E-state index contributed by atoms with van der Waals surface area (Å²) in [5.41, 5.74) is 3.45. The molecule has 4 aliphatic rings. The quantitative estimate of drug-likeness (QED) is 0.102. The molecule has 8 rings (SSSR count). The van der Waals surface area contributed by atoms with Gasteiger partial charge in [-0.1, -0.05) is 30.3 Å². The first-order chi connectivity index (χ1) is 27.7. The molecule has 304 valence electrons. The number of fused-ring (bicyclic) bond motifs is 4. The molecule has 5 N–H and O–H groups in total. The topological polar surface area (TPSA) is 160 Å². The van der Waals surface area contributed by atoms with Gasteiger partial charge in [0.2, 0.25) is 5.56 Å². The van der Waals surface area contributed by atoms with Gasteiger partial charge in [-0.25, -0.2) is 4.79 Å². The van der Waals surface area contributed by atoms with Crippen LogP contribution in [0.25, 0.3) is 10.9 Å². The first-order valence-corrected chi connectivity index (χ1v) is 20.4. The van der Waals surface area contributed by atoms with Gasteiger partial charge in [0.1, 0.15) is 17.6 Å². The zero-order valence-corrected chi connectivity index (χ0v) is 32.8. The molecular formula is C44H56N6O7. The first kappa shape index (κ1) is 40.3. The van der Waals surface area contributed by atoms with E-state index < -0.39 is 6.10 Å². The SMILES string of the molecule is CN(CCCNCC(O)c1ccc(O)c2[nH]c(=O)ccc12)Cc1ccc(C(=O)N2CCC(COc3cccc(CNC(=O)OC4CN5CCC4CC5)c3)CC2)cc1. The summed E-state index contributed by atoms with van der Waals surface area (Å²) >= 11 is 0. The van der Waals surface area contributed by atoms with Gasteiger partial charge in [0, 0.05) is 56.3 Å². The Morgan fingerprint density at radius 1 is 0.965 bits per heavy atom. The Morgan fingerprint density at radius 2 is 1.75 bits per heavy atom. The first-order valence-electron chi connectivity index (χ1n) is 20.4. The van der Waals surface area contributed by atoms with Crippen molar-refractivity contribution in [2.24, 2.45) is 11.8 Å². The molecular weight excluding hydrogens is 725 g/mol. The summed E-state index contributed by atoms with van der Waals surface area (Å²) < 4.78 is 11.9. The number of nitrogens with one attached hydrogen (secondary N) is 3. The number of benzene rings is 3. The third-order valence-corrected chi connectivity index (χ3v) is 11.7. The van der Waals surface area contributed by atoms with E-state index >= 15 is 0 Å². The number of aliphatic hydroxyl groups excluding tert-OH is 1. The van der Waals surface area contributed by atoms with E-state index in [0.29, 0.717) is 73.2 Å². The number of ether oxygens (including phenoxy) is 2. The second-order valence-electron chi connectivity index (χ2n) is 15.9. The zero-order valence-electron chi connectivity index (χ0n) is 32.8. The fourth-order valence-electron chi connectivity index (χ4n) is 8.36. The molecule has 13 heteroatoms. The van der Waals surface area contributed by atoms with Crippen molar-refractivity contribution in [3.63, 3.8) is 0 Å². The zero-order chi connectivity index (χ0) is 39.7. The maximum absolute atomic E-state index is 13.3. The molecule has 4 fully saturated rings. The molecule has 13 nitrogen and oxygen atoms in total. The van der Waals surface area contributed by atoms with Crippen molar-refractivity contribution in [2.75, 3.05) is 66.0 Å². The average Bonchev–Trinajstić information content (AvgIpc) is 3.23. The number of carbonyl (C=O) groups is 2. The van der Waals surface area contributed by atoms with Crippen molar-refractivity contribution >= 4 is 22.9 Å². The fourth-order valence-corrected chi connectivity index (χ4v) is 8.36. The van der Waals surface area contributed by atoms with Crippen LogP contribution >= 0.6 is 0 Å². The number of aromatic hydroxyl groups is 1. The molecule has 3 aromatic carbocycles. The highest BCUT2D eigenvalue weighted by atomic mass is 16.6. The number of pyridine rings is 1. The maximum Gasteiger partial charge on any atom is 0.407 e. The number of hydrogen-bond donors (Lipinski definition) is 5. The molecule has 5 heterocycles. The minimum Gasteiger partial charge on any atom is -0.506 e. The van der Waals surface area contributed by atoms with Crippen LogP contribution in [0.5, 0.6) is 11.5 Å². The summed E-state index contributed by atoms with van der Waals surface area (Å²) in [6, 6.07) is 21.9. The fraction of sp³-hybridized carbons (Fsp3) is 0.477. The van der Waals surface area contributed by atoms with Crippen molar-refractivity contribution in [3.05, 3.63) is 105 Å². The minimum absolute atomic E-state index is 0.0119. The highest BCUT2D eigenvalue weighted by Gasteiger charge is 2.36. The summed E-state index contributed by atoms with van der Waals surface area (Å²) in [6.07, 6.45) is 3.69. The summed E-state index contributed by atoms with van der Waals surface area (Å²) in [6.45, 7) is 8.09. The van der Waals surface area contributed by atoms with Crippen LogP contribution in [-0.4, -0.2) is 114 Å². The summed E-state index contributed by atoms with van der Waals surface area (Å²) in [7, 11) is 2.07. The van der Waals surface area contributed by atoms with Gasteiger partial charge >= 0.3 is 6.09 Å². The van der Waals surface area contributed by atoms with Crippen molar-refractivity contribution in [1.82, 2.24) is 30.3 Å². The Kier molecular flexibility index (Phi) is 13.4. The molecule has 0 saturated carbocycles. The lowest BCUT2D eigenvalue weighted by atomic mass is 9.86. The third-order valence-electron chi connectivity index (χ3n) is 11.7. The second-order valence-corrected chi connectivity index (χ2v) is 15.9. The highest BCUT2D eigenvalue weighted by Crippen LogP contribution is 2.30. The number of nitrogens with zero attached hydrogens (tertiary/aromatic N) is 3. The molecule has 1 aromatic heterocycles. The van der Waals surface area contributed by atoms with Gasteiger partial charge in [0.15, 0.2) is 0 Å². The average molecular weight is 781 g/mol. The van der Waals surface area contributed by atoms with Gasteiger partial charge in [0.05, 0.1) is 18.2 Å². The normalized spacial score (nSPS) is 20.1. The van der Waals surface area contributed by atoms with Crippen molar-refractivity contribution in [3.8, 4) is 11.5 Å². The van der Waals surface area contributed by atoms with Crippen molar-refractivity contribution in [2.45, 2.75) is 57.4 Å². The van der Waals surface area contributed by atoms with Gasteiger partial charge < -0.3 is 45.1 Å². The molecule has 4 aliphatic heterocycles. The molecule has 4 aromatic rings. The number of phenolic OH excluding ortho intramolecular Hbond substituents is 1. The Morgan fingerprint density at radius 3 is 2.51 bits per heavy atom. The van der Waals surface area contributed by atoms with Crippen LogP contribution < -0.4 is 20.9 Å². The van der Waals surface area contributed by atoms with Crippen LogP contribution in [0, 0.1) is 11.8 Å². The second kappa shape index (κ2) is 19.0. The van der Waals surface area contributed by atoms with Crippen LogP contribution in [0.1, 0.15) is 65.3 Å². The molecule has 2 unspecified atom stereocenters. The Balaban J connectivity index is 0.768. The number of aliphatic hydroxyl groups is 1. The van der Waals surface area contributed by atoms with Crippen molar-refractivity contribution < 1.29 is 29.3 Å². The number of H-pyrrole nitrogens is 1. The van der Waals surface area contributed by atoms with E-state index in [1.165, 1.54) is 12.1 Å². The number of hydrogen-bond acceptors (Lipinski definition) is 10. The Hall–Kier alpha value is -4.95. The lowest BCUT2D eigenvalue weighted by molar-refractivity contribution is -0.0332. The summed E-state index contributed by atoms with van der Waals surface area (Å²) in [5.74, 6) is 1.65. The van der Waals surface area contributed by atoms with E-state index in [0.717, 1.165) is 81.7 Å². The molecule has 2 atom stereocenters. The number of carbonyl (C=O) groups excluding carboxylic acids is 2. The smallest absolute Gasteiger partial charge is 0.407 e. The highest BCUT2D eigenvalue weighted by molar-refractivity contribution is 5.94. The molecule has 2 bridgehead atoms. The number of piperidine rings is 4. The predicted octanol–water partition coefficient (Wildman–Crippen LogP) is 4.63. The molecule has 0 radical (unpaired) electrons. The van der Waals surface area contributed by atoms with Crippen LogP contribution in [0.4, 0.5) is 4.79 Å². The molecule has 57 heavy (non-hydrogen) atoms. The standard InChI is InChI=1S/C44H56N6O7/c1-48(19-3-18-45-26-39(52)36-10-12-38(51)42-37(36)11-13-41(53)47-42)27-30-6-8-34(9-7-30)43(54)50-22-14-31(15-23-50)29-56-35-5-2-4-32(24-35)25-46-44(55)57-40-28-49-20-16-33(40)17-21-49/h2,4-13,24,31,33,39-40,45,51-52H,3,14-23,25-29H2,1H3,(H,46,55)(H,47,53). The van der Waals surface area contributed by atoms with Crippen molar-refractivity contribution in [1.29, 1.82) is 0 Å². The molecule has 4 saturated heterocycles. The van der Waals surface area contributed by atoms with Crippen LogP contribution in [-0.2, 0) is 17.8 Å². The van der Waals surface area contributed by atoms with E-state index in [-0.39, 0.29) is 29.4 Å². The maximum atomic E-state index is 13.3. The number of rotatable bonds is 16. The van der Waals surface area contributed by atoms with Gasteiger partial charge in [-0.15, -0.1) is 0 Å². The van der Waals surface area contributed by atoms with E-state index in [9.17, 15) is 24.6 Å². The van der Waals surface area contributed by atoms with Crippen LogP contribution in [0.15, 0.2) is 77.6 Å². The summed E-state index contributed by atoms with van der Waals surface area (Å²) in [4.78, 5) is 46.7. The van der Waals surface area contributed by atoms with E-state index in [2.05, 4.69) is 32.5 Å². The molecule has 0 aliphatic carbocycles. The van der Waals surface area contributed by atoms with E-state index in [1.807, 2.05) is 53.4 Å². The lowest BCUT2D eigenvalue weighted by Gasteiger charge is -2.43. The van der Waals surface area contributed by atoms with E-state index in [1.54, 1.807) is 12.1 Å². The number of aromatic amines is 1. The number of phenols is 1. The monoisotopic (exact) mass is 780 g/mol. The van der Waals surface area contributed by atoms with Crippen LogP contribution in [0.2, 0.25) is 0 Å². The van der Waals surface area contributed by atoms with Gasteiger partial charge in [-0.3, -0.25) is 14.5 Å². The van der Waals surface area contributed by atoms with Crippen LogP contribution in [0.3, 0.4) is 0 Å². The Bertz CT molecular complexity index is 2020. The predicted molar refractivity (Wildman–Crippen MR) is 218 cm³/mol. The third kappa shape index (κ3) is 10.7. The molecule has 0 spiro atoms. The van der Waals surface area contributed by atoms with E-state index in [4.69, 9.17) is 9.47 Å². The minimum atomic E-state index is -0.791. The summed E-state index contributed by atoms with van der Waals surface area (Å²) in [5, 5.41) is 27.7. The lowest BCUT2D eigenvalue weighted by Crippen LogP contribution is -2.52. The number of likely N-dealkylation sites (tertiary alicyclic amines) is 1. The largest absolute Gasteiger partial charge is 0.506 e. The molecule has 2 amide bonds.